The molecule has 1 fully saturated rings. The molecule has 0 saturated carbocycles. The van der Waals surface area contributed by atoms with E-state index in [1.54, 1.807) is 24.1 Å². The summed E-state index contributed by atoms with van der Waals surface area (Å²) < 4.78 is 32.0. The van der Waals surface area contributed by atoms with Crippen LogP contribution in [0.2, 0.25) is 0 Å². The van der Waals surface area contributed by atoms with Gasteiger partial charge in [-0.2, -0.15) is 4.31 Å². The summed E-state index contributed by atoms with van der Waals surface area (Å²) in [5, 5.41) is 0. The summed E-state index contributed by atoms with van der Waals surface area (Å²) in [6, 6.07) is 15.8. The van der Waals surface area contributed by atoms with Gasteiger partial charge in [0.2, 0.25) is 10.0 Å². The summed E-state index contributed by atoms with van der Waals surface area (Å²) in [5.41, 5.74) is 1.50. The monoisotopic (exact) mass is 388 g/mol. The van der Waals surface area contributed by atoms with E-state index in [1.165, 1.54) is 16.4 Å². The molecule has 1 atom stereocenters. The third-order valence-corrected chi connectivity index (χ3v) is 6.81. The number of morpholine rings is 1. The summed E-state index contributed by atoms with van der Waals surface area (Å²) in [6.45, 7) is 3.46. The minimum Gasteiger partial charge on any atom is -0.379 e. The molecule has 1 heterocycles. The Bertz CT molecular complexity index is 876. The summed E-state index contributed by atoms with van der Waals surface area (Å²) >= 11 is 0. The number of sulfonamides is 1. The van der Waals surface area contributed by atoms with Crippen molar-refractivity contribution in [2.45, 2.75) is 17.9 Å². The molecule has 0 spiro atoms. The Hall–Kier alpha value is -2.22. The second kappa shape index (κ2) is 8.21. The highest BCUT2D eigenvalue weighted by molar-refractivity contribution is 7.89. The topological polar surface area (TPSA) is 66.9 Å². The Labute approximate surface area is 160 Å². The molecule has 7 heteroatoms. The average Bonchev–Trinajstić information content (AvgIpc) is 2.73. The van der Waals surface area contributed by atoms with E-state index in [0.717, 1.165) is 5.56 Å². The Kier molecular flexibility index (Phi) is 5.94. The fourth-order valence-electron chi connectivity index (χ4n) is 3.04. The first-order valence-electron chi connectivity index (χ1n) is 8.91. The number of benzene rings is 2. The van der Waals surface area contributed by atoms with Gasteiger partial charge in [-0.15, -0.1) is 0 Å². The lowest BCUT2D eigenvalue weighted by molar-refractivity contribution is 0.0730. The maximum atomic E-state index is 12.8. The predicted molar refractivity (Wildman–Crippen MR) is 103 cm³/mol. The fourth-order valence-corrected chi connectivity index (χ4v) is 4.45. The number of nitrogens with zero attached hydrogens (tertiary/aromatic N) is 2. The third-order valence-electron chi connectivity index (χ3n) is 4.89. The molecule has 1 saturated heterocycles. The van der Waals surface area contributed by atoms with Crippen molar-refractivity contribution in [2.24, 2.45) is 0 Å². The Morgan fingerprint density at radius 3 is 2.22 bits per heavy atom. The molecule has 0 N–H and O–H groups in total. The first-order chi connectivity index (χ1) is 12.9. The first-order valence-corrected chi connectivity index (χ1v) is 10.4. The van der Waals surface area contributed by atoms with E-state index in [2.05, 4.69) is 0 Å². The molecule has 1 amide bonds. The van der Waals surface area contributed by atoms with Crippen molar-refractivity contribution in [3.8, 4) is 0 Å². The summed E-state index contributed by atoms with van der Waals surface area (Å²) in [4.78, 5) is 14.6. The van der Waals surface area contributed by atoms with E-state index >= 15 is 0 Å². The standard InChI is InChI=1S/C20H24N2O4S/c1-16(17-6-4-3-5-7-17)21(2)20(23)18-8-10-19(11-9-18)27(24,25)22-12-14-26-15-13-22/h3-11,16H,12-15H2,1-2H3/t16-/m1/s1. The summed E-state index contributed by atoms with van der Waals surface area (Å²) in [6.07, 6.45) is 0. The van der Waals surface area contributed by atoms with Crippen LogP contribution >= 0.6 is 0 Å². The zero-order valence-electron chi connectivity index (χ0n) is 15.5. The minimum absolute atomic E-state index is 0.0875. The van der Waals surface area contributed by atoms with Crippen LogP contribution in [0.3, 0.4) is 0 Å². The van der Waals surface area contributed by atoms with Crippen LogP contribution in [0, 0.1) is 0 Å². The van der Waals surface area contributed by atoms with Crippen LogP contribution < -0.4 is 0 Å². The normalized spacial score (nSPS) is 16.7. The van der Waals surface area contributed by atoms with Gasteiger partial charge in [0, 0.05) is 25.7 Å². The second-order valence-corrected chi connectivity index (χ2v) is 8.48. The van der Waals surface area contributed by atoms with Gasteiger partial charge in [-0.3, -0.25) is 4.79 Å². The number of carbonyl (C=O) groups is 1. The van der Waals surface area contributed by atoms with Crippen molar-refractivity contribution < 1.29 is 17.9 Å². The molecular formula is C20H24N2O4S. The molecule has 27 heavy (non-hydrogen) atoms. The van der Waals surface area contributed by atoms with Crippen LogP contribution in [0.25, 0.3) is 0 Å². The molecule has 2 aromatic carbocycles. The van der Waals surface area contributed by atoms with Gasteiger partial charge in [0.05, 0.1) is 24.2 Å². The van der Waals surface area contributed by atoms with E-state index in [0.29, 0.717) is 31.9 Å². The first kappa shape index (κ1) is 19.5. The quantitative estimate of drug-likeness (QED) is 0.789. The maximum Gasteiger partial charge on any atom is 0.254 e. The molecule has 0 bridgehead atoms. The van der Waals surface area contributed by atoms with Crippen LogP contribution in [0.4, 0.5) is 0 Å². The summed E-state index contributed by atoms with van der Waals surface area (Å²) in [7, 11) is -1.81. The van der Waals surface area contributed by atoms with Gasteiger partial charge < -0.3 is 9.64 Å². The van der Waals surface area contributed by atoms with Gasteiger partial charge in [0.25, 0.3) is 5.91 Å². The molecule has 1 aliphatic heterocycles. The highest BCUT2D eigenvalue weighted by atomic mass is 32.2. The van der Waals surface area contributed by atoms with Gasteiger partial charge in [0.15, 0.2) is 0 Å². The smallest absolute Gasteiger partial charge is 0.254 e. The molecule has 0 radical (unpaired) electrons. The number of hydrogen-bond acceptors (Lipinski definition) is 4. The van der Waals surface area contributed by atoms with E-state index in [1.807, 2.05) is 37.3 Å². The number of carbonyl (C=O) groups excluding carboxylic acids is 1. The van der Waals surface area contributed by atoms with E-state index in [4.69, 9.17) is 4.74 Å². The molecular weight excluding hydrogens is 364 g/mol. The van der Waals surface area contributed by atoms with Crippen molar-refractivity contribution in [1.82, 2.24) is 9.21 Å². The van der Waals surface area contributed by atoms with Crippen LogP contribution in [0.15, 0.2) is 59.5 Å². The van der Waals surface area contributed by atoms with Crippen molar-refractivity contribution in [2.75, 3.05) is 33.4 Å². The summed E-state index contributed by atoms with van der Waals surface area (Å²) in [5.74, 6) is -0.151. The molecule has 144 valence electrons. The van der Waals surface area contributed by atoms with Crippen LogP contribution in [0.5, 0.6) is 0 Å². The van der Waals surface area contributed by atoms with Crippen molar-refractivity contribution in [3.05, 3.63) is 65.7 Å². The number of amides is 1. The fraction of sp³-hybridized carbons (Fsp3) is 0.350. The highest BCUT2D eigenvalue weighted by Crippen LogP contribution is 2.22. The molecule has 0 aromatic heterocycles. The molecule has 0 aliphatic carbocycles. The zero-order chi connectivity index (χ0) is 19.4. The molecule has 6 nitrogen and oxygen atoms in total. The lowest BCUT2D eigenvalue weighted by Crippen LogP contribution is -2.40. The predicted octanol–water partition coefficient (Wildman–Crippen LogP) is 2.54. The minimum atomic E-state index is -3.56. The van der Waals surface area contributed by atoms with Crippen LogP contribution in [-0.4, -0.2) is 56.9 Å². The van der Waals surface area contributed by atoms with Gasteiger partial charge in [-0.1, -0.05) is 30.3 Å². The maximum absolute atomic E-state index is 12.8. The third kappa shape index (κ3) is 4.21. The van der Waals surface area contributed by atoms with Gasteiger partial charge in [-0.05, 0) is 36.8 Å². The Morgan fingerprint density at radius 2 is 1.63 bits per heavy atom. The lowest BCUT2D eigenvalue weighted by Gasteiger charge is -2.27. The van der Waals surface area contributed by atoms with Gasteiger partial charge >= 0.3 is 0 Å². The molecule has 0 unspecified atom stereocenters. The average molecular weight is 388 g/mol. The van der Waals surface area contributed by atoms with Crippen molar-refractivity contribution in [3.63, 3.8) is 0 Å². The van der Waals surface area contributed by atoms with E-state index < -0.39 is 10.0 Å². The van der Waals surface area contributed by atoms with Gasteiger partial charge in [0.1, 0.15) is 0 Å². The second-order valence-electron chi connectivity index (χ2n) is 6.54. The van der Waals surface area contributed by atoms with E-state index in [-0.39, 0.29) is 16.8 Å². The lowest BCUT2D eigenvalue weighted by atomic mass is 10.1. The SMILES string of the molecule is C[C@H](c1ccccc1)N(C)C(=O)c1ccc(S(=O)(=O)N2CCOCC2)cc1. The molecule has 1 aliphatic rings. The number of hydrogen-bond donors (Lipinski definition) is 0. The molecule has 2 aromatic rings. The van der Waals surface area contributed by atoms with Crippen LogP contribution in [-0.2, 0) is 14.8 Å². The van der Waals surface area contributed by atoms with Crippen LogP contribution in [0.1, 0.15) is 28.9 Å². The van der Waals surface area contributed by atoms with Crippen molar-refractivity contribution in [1.29, 1.82) is 0 Å². The largest absolute Gasteiger partial charge is 0.379 e. The van der Waals surface area contributed by atoms with Crippen molar-refractivity contribution >= 4 is 15.9 Å². The highest BCUT2D eigenvalue weighted by Gasteiger charge is 2.27. The number of ether oxygens (including phenoxy) is 1. The number of rotatable bonds is 5. The Balaban J connectivity index is 1.75. The van der Waals surface area contributed by atoms with Gasteiger partial charge in [-0.25, -0.2) is 8.42 Å². The van der Waals surface area contributed by atoms with E-state index in [9.17, 15) is 13.2 Å². The molecule has 3 rings (SSSR count). The zero-order valence-corrected chi connectivity index (χ0v) is 16.4. The Morgan fingerprint density at radius 1 is 1.04 bits per heavy atom.